The van der Waals surface area contributed by atoms with E-state index in [9.17, 15) is 14.7 Å². The lowest BCUT2D eigenvalue weighted by Crippen LogP contribution is -2.44. The molecule has 0 radical (unpaired) electrons. The lowest BCUT2D eigenvalue weighted by molar-refractivity contribution is -0.123. The van der Waals surface area contributed by atoms with Crippen molar-refractivity contribution in [3.05, 3.63) is 69.2 Å². The predicted molar refractivity (Wildman–Crippen MR) is 165 cm³/mol. The van der Waals surface area contributed by atoms with Crippen LogP contribution in [-0.4, -0.2) is 51.9 Å². The third-order valence-electron chi connectivity index (χ3n) is 9.11. The number of aliphatic hydroxyl groups is 1. The SMILES string of the molecule is COc1cc(C(=O)NC[C@](O)(c2cc3c(c(-c4c(F)ccc(Cl)c4Cl)n2)OC[C@]3(C)C(N)=O)C2CC2)cc2cn(C3CC3)nc12. The summed E-state index contributed by atoms with van der Waals surface area (Å²) in [6.07, 6.45) is 5.35. The highest BCUT2D eigenvalue weighted by molar-refractivity contribution is 6.43. The van der Waals surface area contributed by atoms with Crippen molar-refractivity contribution < 1.29 is 28.6 Å². The second-order valence-corrected chi connectivity index (χ2v) is 13.1. The van der Waals surface area contributed by atoms with E-state index in [2.05, 4.69) is 15.4 Å². The zero-order valence-corrected chi connectivity index (χ0v) is 26.0. The van der Waals surface area contributed by atoms with Crippen LogP contribution < -0.4 is 20.5 Å². The van der Waals surface area contributed by atoms with Crippen molar-refractivity contribution in [3.63, 3.8) is 0 Å². The molecule has 4 aromatic rings. The molecular formula is C32H30Cl2FN5O5. The van der Waals surface area contributed by atoms with Crippen LogP contribution in [0.3, 0.4) is 0 Å². The van der Waals surface area contributed by atoms with Crippen LogP contribution >= 0.6 is 23.2 Å². The molecule has 0 bridgehead atoms. The minimum absolute atomic E-state index is 0.0225. The Labute approximate surface area is 267 Å². The Morgan fingerprint density at radius 2 is 2.00 bits per heavy atom. The van der Waals surface area contributed by atoms with E-state index in [4.69, 9.17) is 38.4 Å². The number of aromatic nitrogens is 3. The number of rotatable bonds is 9. The molecule has 2 aromatic carbocycles. The van der Waals surface area contributed by atoms with Gasteiger partial charge in [-0.25, -0.2) is 9.37 Å². The number of halogens is 3. The van der Waals surface area contributed by atoms with Crippen molar-refractivity contribution in [1.29, 1.82) is 0 Å². The van der Waals surface area contributed by atoms with Gasteiger partial charge in [-0.3, -0.25) is 14.3 Å². The van der Waals surface area contributed by atoms with Crippen LogP contribution in [-0.2, 0) is 15.8 Å². The molecule has 0 saturated heterocycles. The van der Waals surface area contributed by atoms with Gasteiger partial charge in [0, 0.05) is 22.7 Å². The molecule has 3 aliphatic rings. The van der Waals surface area contributed by atoms with Crippen molar-refractivity contribution >= 4 is 45.9 Å². The Balaban J connectivity index is 1.28. The molecule has 3 heterocycles. The Hall–Kier alpha value is -3.93. The minimum atomic E-state index is -1.69. The molecule has 0 spiro atoms. The summed E-state index contributed by atoms with van der Waals surface area (Å²) in [6.45, 7) is 1.27. The fourth-order valence-corrected chi connectivity index (χ4v) is 6.38. The number of pyridine rings is 1. The number of nitrogens with two attached hydrogens (primary N) is 1. The quantitative estimate of drug-likeness (QED) is 0.215. The smallest absolute Gasteiger partial charge is 0.251 e. The fraction of sp³-hybridized carbons (Fsp3) is 0.375. The highest BCUT2D eigenvalue weighted by atomic mass is 35.5. The van der Waals surface area contributed by atoms with Crippen LogP contribution in [0.1, 0.15) is 60.3 Å². The van der Waals surface area contributed by atoms with Gasteiger partial charge in [0.15, 0.2) is 0 Å². The first kappa shape index (κ1) is 29.8. The average Bonchev–Trinajstić information content (AvgIpc) is 3.97. The first-order chi connectivity index (χ1) is 21.4. The first-order valence-corrected chi connectivity index (χ1v) is 15.4. The standard InChI is InChI=1S/C32H30Cl2FN5O5/c1-31(30(36)42)14-45-28-19(31)11-23(38-27(28)24-21(35)8-7-20(33)25(24)34)32(43,17-3-4-17)13-37-29(41)15-9-16-12-40(18-5-6-18)39-26(16)22(10-15)44-2/h7-12,17-18,43H,3-6,13-14H2,1-2H3,(H2,36,42)(H,37,41)/t31-,32+/m0/s1. The number of nitrogens with zero attached hydrogens (tertiary/aromatic N) is 3. The van der Waals surface area contributed by atoms with Crippen molar-refractivity contribution in [2.24, 2.45) is 11.7 Å². The number of amides is 2. The summed E-state index contributed by atoms with van der Waals surface area (Å²) in [6, 6.07) is 7.73. The monoisotopic (exact) mass is 653 g/mol. The summed E-state index contributed by atoms with van der Waals surface area (Å²) >= 11 is 12.7. The van der Waals surface area contributed by atoms with Gasteiger partial charge in [0.1, 0.15) is 46.1 Å². The largest absolute Gasteiger partial charge is 0.494 e. The molecule has 4 N–H and O–H groups in total. The van der Waals surface area contributed by atoms with E-state index in [0.29, 0.717) is 41.3 Å². The molecule has 45 heavy (non-hydrogen) atoms. The molecule has 0 unspecified atom stereocenters. The van der Waals surface area contributed by atoms with Crippen molar-refractivity contribution in [2.45, 2.75) is 49.7 Å². The van der Waals surface area contributed by atoms with Crippen molar-refractivity contribution in [1.82, 2.24) is 20.1 Å². The second-order valence-electron chi connectivity index (χ2n) is 12.3. The molecule has 2 fully saturated rings. The molecule has 2 amide bonds. The number of methoxy groups -OCH3 is 1. The number of primary amides is 1. The molecule has 7 rings (SSSR count). The zero-order chi connectivity index (χ0) is 31.8. The zero-order valence-electron chi connectivity index (χ0n) is 24.5. The van der Waals surface area contributed by atoms with E-state index in [0.717, 1.165) is 24.3 Å². The van der Waals surface area contributed by atoms with Gasteiger partial charge < -0.3 is 25.6 Å². The minimum Gasteiger partial charge on any atom is -0.494 e. The van der Waals surface area contributed by atoms with Gasteiger partial charge in [-0.1, -0.05) is 23.2 Å². The average molecular weight is 655 g/mol. The van der Waals surface area contributed by atoms with Crippen LogP contribution in [0.15, 0.2) is 36.5 Å². The number of nitrogens with one attached hydrogen (secondary N) is 1. The molecule has 1 aliphatic heterocycles. The van der Waals surface area contributed by atoms with Gasteiger partial charge >= 0.3 is 0 Å². The maximum Gasteiger partial charge on any atom is 0.251 e. The fourth-order valence-electron chi connectivity index (χ4n) is 5.98. The molecule has 2 aliphatic carbocycles. The summed E-state index contributed by atoms with van der Waals surface area (Å²) < 4.78 is 28.7. The molecule has 10 nitrogen and oxygen atoms in total. The van der Waals surface area contributed by atoms with E-state index in [1.54, 1.807) is 25.1 Å². The van der Waals surface area contributed by atoms with Gasteiger partial charge in [0.2, 0.25) is 5.91 Å². The number of hydrogen-bond donors (Lipinski definition) is 3. The van der Waals surface area contributed by atoms with Crippen molar-refractivity contribution in [2.75, 3.05) is 20.3 Å². The van der Waals surface area contributed by atoms with Gasteiger partial charge in [-0.2, -0.15) is 5.10 Å². The maximum atomic E-state index is 15.3. The van der Waals surface area contributed by atoms with Gasteiger partial charge in [-0.05, 0) is 68.9 Å². The van der Waals surface area contributed by atoms with Crippen LogP contribution in [0.4, 0.5) is 4.39 Å². The first-order valence-electron chi connectivity index (χ1n) is 14.6. The molecule has 234 valence electrons. The van der Waals surface area contributed by atoms with E-state index in [1.807, 2.05) is 10.9 Å². The molecule has 2 atom stereocenters. The van der Waals surface area contributed by atoms with Crippen LogP contribution in [0.25, 0.3) is 22.2 Å². The molecule has 13 heteroatoms. The van der Waals surface area contributed by atoms with E-state index in [1.165, 1.54) is 13.2 Å². The van der Waals surface area contributed by atoms with Crippen LogP contribution in [0.2, 0.25) is 10.0 Å². The maximum absolute atomic E-state index is 15.3. The normalized spacial score (nSPS) is 20.4. The summed E-state index contributed by atoms with van der Waals surface area (Å²) in [5, 5.41) is 20.5. The van der Waals surface area contributed by atoms with E-state index in [-0.39, 0.29) is 51.8 Å². The van der Waals surface area contributed by atoms with Gasteiger partial charge in [0.25, 0.3) is 5.91 Å². The molecular weight excluding hydrogens is 624 g/mol. The molecule has 2 saturated carbocycles. The number of carbonyl (C=O) groups excluding carboxylic acids is 2. The summed E-state index contributed by atoms with van der Waals surface area (Å²) in [5.41, 5.74) is 4.10. The number of ether oxygens (including phenoxy) is 2. The Morgan fingerprint density at radius 1 is 1.24 bits per heavy atom. The Kier molecular flexibility index (Phi) is 6.99. The second kappa shape index (κ2) is 10.6. The Bertz CT molecular complexity index is 1910. The van der Waals surface area contributed by atoms with Crippen LogP contribution in [0, 0.1) is 11.7 Å². The van der Waals surface area contributed by atoms with Gasteiger partial charge in [0.05, 0.1) is 41.0 Å². The highest BCUT2D eigenvalue weighted by Gasteiger charge is 2.50. The third-order valence-corrected chi connectivity index (χ3v) is 9.91. The number of hydrogen-bond acceptors (Lipinski definition) is 7. The number of benzene rings is 2. The summed E-state index contributed by atoms with van der Waals surface area (Å²) in [5.74, 6) is -1.51. The van der Waals surface area contributed by atoms with E-state index < -0.39 is 28.6 Å². The number of fused-ring (bicyclic) bond motifs is 2. The number of carbonyl (C=O) groups is 2. The Morgan fingerprint density at radius 3 is 2.67 bits per heavy atom. The third kappa shape index (κ3) is 4.88. The summed E-state index contributed by atoms with van der Waals surface area (Å²) in [7, 11) is 1.52. The van der Waals surface area contributed by atoms with Crippen LogP contribution in [0.5, 0.6) is 11.5 Å². The lowest BCUT2D eigenvalue weighted by Gasteiger charge is -2.30. The topological polar surface area (TPSA) is 142 Å². The summed E-state index contributed by atoms with van der Waals surface area (Å²) in [4.78, 5) is 30.9. The van der Waals surface area contributed by atoms with E-state index >= 15 is 4.39 Å². The van der Waals surface area contributed by atoms with Gasteiger partial charge in [-0.15, -0.1) is 0 Å². The lowest BCUT2D eigenvalue weighted by atomic mass is 9.81. The predicted octanol–water partition coefficient (Wildman–Crippen LogP) is 5.05. The molecule has 2 aromatic heterocycles. The highest BCUT2D eigenvalue weighted by Crippen LogP contribution is 2.51. The van der Waals surface area contributed by atoms with Crippen molar-refractivity contribution in [3.8, 4) is 22.8 Å².